The maximum Gasteiger partial charge on any atom is 0.232 e. The number of aryl methyl sites for hydroxylation is 1. The van der Waals surface area contributed by atoms with Gasteiger partial charge in [-0.2, -0.15) is 0 Å². The molecule has 0 aliphatic heterocycles. The van der Waals surface area contributed by atoms with Crippen LogP contribution in [0.1, 0.15) is 38.7 Å². The first-order chi connectivity index (χ1) is 10.4. The van der Waals surface area contributed by atoms with Crippen LogP contribution in [0.25, 0.3) is 0 Å². The predicted octanol–water partition coefficient (Wildman–Crippen LogP) is 2.32. The van der Waals surface area contributed by atoms with Crippen molar-refractivity contribution in [3.05, 3.63) is 29.8 Å². The summed E-state index contributed by atoms with van der Waals surface area (Å²) in [6.07, 6.45) is 3.83. The summed E-state index contributed by atoms with van der Waals surface area (Å²) in [7, 11) is -3.35. The van der Waals surface area contributed by atoms with E-state index in [0.29, 0.717) is 31.6 Å². The Morgan fingerprint density at radius 2 is 1.82 bits per heavy atom. The number of sulfonamides is 1. The molecular formula is C16H26N2O3S. The maximum atomic E-state index is 12.0. The van der Waals surface area contributed by atoms with Gasteiger partial charge in [0.05, 0.1) is 11.9 Å². The van der Waals surface area contributed by atoms with E-state index < -0.39 is 10.0 Å². The van der Waals surface area contributed by atoms with E-state index in [1.165, 1.54) is 10.6 Å². The fourth-order valence-electron chi connectivity index (χ4n) is 2.12. The first-order valence-corrected chi connectivity index (χ1v) is 9.56. The van der Waals surface area contributed by atoms with Gasteiger partial charge in [-0.15, -0.1) is 0 Å². The van der Waals surface area contributed by atoms with Gasteiger partial charge in [0, 0.05) is 19.5 Å². The van der Waals surface area contributed by atoms with Crippen LogP contribution in [0.15, 0.2) is 24.3 Å². The van der Waals surface area contributed by atoms with Gasteiger partial charge in [0.2, 0.25) is 15.9 Å². The monoisotopic (exact) mass is 326 g/mol. The van der Waals surface area contributed by atoms with E-state index in [2.05, 4.69) is 12.2 Å². The number of hydrogen-bond acceptors (Lipinski definition) is 3. The minimum atomic E-state index is -3.35. The van der Waals surface area contributed by atoms with Gasteiger partial charge in [-0.3, -0.25) is 9.10 Å². The number of carbonyl (C=O) groups is 1. The number of nitrogens with one attached hydrogen (secondary N) is 1. The van der Waals surface area contributed by atoms with Crippen LogP contribution in [0.4, 0.5) is 5.69 Å². The zero-order valence-electron chi connectivity index (χ0n) is 13.6. The van der Waals surface area contributed by atoms with Crippen LogP contribution in [0.5, 0.6) is 0 Å². The van der Waals surface area contributed by atoms with Crippen molar-refractivity contribution < 1.29 is 13.2 Å². The highest BCUT2D eigenvalue weighted by atomic mass is 32.2. The molecule has 0 heterocycles. The summed E-state index contributed by atoms with van der Waals surface area (Å²) in [5, 5.41) is 2.79. The molecule has 22 heavy (non-hydrogen) atoms. The predicted molar refractivity (Wildman–Crippen MR) is 90.5 cm³/mol. The minimum absolute atomic E-state index is 0.0309. The van der Waals surface area contributed by atoms with Crippen molar-refractivity contribution >= 4 is 21.6 Å². The van der Waals surface area contributed by atoms with Crippen molar-refractivity contribution in [2.75, 3.05) is 23.7 Å². The molecule has 0 spiro atoms. The van der Waals surface area contributed by atoms with Gasteiger partial charge in [-0.05, 0) is 37.0 Å². The van der Waals surface area contributed by atoms with Crippen LogP contribution < -0.4 is 9.62 Å². The SMILES string of the molecule is CCCNC(=O)CCCN(c1ccc(CC)cc1)S(C)(=O)=O. The van der Waals surface area contributed by atoms with Crippen LogP contribution in [-0.2, 0) is 21.2 Å². The van der Waals surface area contributed by atoms with Gasteiger partial charge in [0.15, 0.2) is 0 Å². The third-order valence-corrected chi connectivity index (χ3v) is 4.56. The molecule has 0 radical (unpaired) electrons. The Morgan fingerprint density at radius 1 is 1.18 bits per heavy atom. The lowest BCUT2D eigenvalue weighted by molar-refractivity contribution is -0.121. The Labute approximate surface area is 133 Å². The van der Waals surface area contributed by atoms with Gasteiger partial charge in [-0.25, -0.2) is 8.42 Å². The third kappa shape index (κ3) is 6.05. The van der Waals surface area contributed by atoms with Crippen LogP contribution >= 0.6 is 0 Å². The smallest absolute Gasteiger partial charge is 0.232 e. The molecule has 0 fully saturated rings. The molecule has 1 amide bonds. The number of anilines is 1. The summed E-state index contributed by atoms with van der Waals surface area (Å²) in [5.41, 5.74) is 1.81. The van der Waals surface area contributed by atoms with E-state index >= 15 is 0 Å². The summed E-state index contributed by atoms with van der Waals surface area (Å²) in [6.45, 7) is 5.01. The van der Waals surface area contributed by atoms with Crippen LogP contribution in [0, 0.1) is 0 Å². The zero-order chi connectivity index (χ0) is 16.6. The van der Waals surface area contributed by atoms with Crippen LogP contribution in [0.2, 0.25) is 0 Å². The van der Waals surface area contributed by atoms with Crippen LogP contribution in [0.3, 0.4) is 0 Å². The van der Waals surface area contributed by atoms with Crippen molar-refractivity contribution in [3.8, 4) is 0 Å². The molecule has 1 N–H and O–H groups in total. The molecule has 0 saturated heterocycles. The van der Waals surface area contributed by atoms with E-state index in [1.54, 1.807) is 0 Å². The first-order valence-electron chi connectivity index (χ1n) is 7.71. The Balaban J connectivity index is 2.68. The summed E-state index contributed by atoms with van der Waals surface area (Å²) < 4.78 is 25.3. The molecule has 1 aromatic rings. The number of carbonyl (C=O) groups excluding carboxylic acids is 1. The molecular weight excluding hydrogens is 300 g/mol. The second-order valence-electron chi connectivity index (χ2n) is 5.31. The average molecular weight is 326 g/mol. The number of rotatable bonds is 9. The fraction of sp³-hybridized carbons (Fsp3) is 0.562. The highest BCUT2D eigenvalue weighted by Gasteiger charge is 2.17. The topological polar surface area (TPSA) is 66.5 Å². The molecule has 0 aromatic heterocycles. The average Bonchev–Trinajstić information content (AvgIpc) is 2.48. The number of nitrogens with zero attached hydrogens (tertiary/aromatic N) is 1. The maximum absolute atomic E-state index is 12.0. The molecule has 5 nitrogen and oxygen atoms in total. The number of hydrogen-bond donors (Lipinski definition) is 1. The van der Waals surface area contributed by atoms with Crippen LogP contribution in [-0.4, -0.2) is 33.7 Å². The molecule has 0 bridgehead atoms. The van der Waals surface area contributed by atoms with Gasteiger partial charge in [0.1, 0.15) is 0 Å². The molecule has 0 atom stereocenters. The summed E-state index contributed by atoms with van der Waals surface area (Å²) >= 11 is 0. The Morgan fingerprint density at radius 3 is 2.32 bits per heavy atom. The minimum Gasteiger partial charge on any atom is -0.356 e. The van der Waals surface area contributed by atoms with Crippen molar-refractivity contribution in [1.29, 1.82) is 0 Å². The summed E-state index contributed by atoms with van der Waals surface area (Å²) in [5.74, 6) is -0.0309. The van der Waals surface area contributed by atoms with E-state index in [0.717, 1.165) is 18.4 Å². The number of amides is 1. The molecule has 1 aromatic carbocycles. The Bertz CT molecular complexity index is 568. The molecule has 1 rings (SSSR count). The van der Waals surface area contributed by atoms with Crippen molar-refractivity contribution in [2.24, 2.45) is 0 Å². The highest BCUT2D eigenvalue weighted by molar-refractivity contribution is 7.92. The molecule has 6 heteroatoms. The Kier molecular flexibility index (Phi) is 7.38. The van der Waals surface area contributed by atoms with Gasteiger partial charge in [-0.1, -0.05) is 26.0 Å². The first kappa shape index (κ1) is 18.5. The molecule has 0 saturated carbocycles. The lowest BCUT2D eigenvalue weighted by Crippen LogP contribution is -2.32. The quantitative estimate of drug-likeness (QED) is 0.757. The van der Waals surface area contributed by atoms with E-state index in [1.807, 2.05) is 31.2 Å². The van der Waals surface area contributed by atoms with Gasteiger partial charge in [0.25, 0.3) is 0 Å². The lowest BCUT2D eigenvalue weighted by atomic mass is 10.1. The largest absolute Gasteiger partial charge is 0.356 e. The molecule has 0 unspecified atom stereocenters. The molecule has 0 aliphatic rings. The fourth-order valence-corrected chi connectivity index (χ4v) is 3.09. The van der Waals surface area contributed by atoms with E-state index in [-0.39, 0.29) is 5.91 Å². The van der Waals surface area contributed by atoms with E-state index in [9.17, 15) is 13.2 Å². The summed E-state index contributed by atoms with van der Waals surface area (Å²) in [6, 6.07) is 7.50. The lowest BCUT2D eigenvalue weighted by Gasteiger charge is -2.22. The molecule has 0 aliphatic carbocycles. The van der Waals surface area contributed by atoms with Crippen molar-refractivity contribution in [3.63, 3.8) is 0 Å². The number of benzene rings is 1. The molecule has 124 valence electrons. The normalized spacial score (nSPS) is 11.2. The van der Waals surface area contributed by atoms with E-state index in [4.69, 9.17) is 0 Å². The zero-order valence-corrected chi connectivity index (χ0v) is 14.4. The van der Waals surface area contributed by atoms with Gasteiger partial charge >= 0.3 is 0 Å². The second kappa shape index (κ2) is 8.78. The summed E-state index contributed by atoms with van der Waals surface area (Å²) in [4.78, 5) is 11.6. The van der Waals surface area contributed by atoms with Crippen molar-refractivity contribution in [2.45, 2.75) is 39.5 Å². The van der Waals surface area contributed by atoms with Gasteiger partial charge < -0.3 is 5.32 Å². The third-order valence-electron chi connectivity index (χ3n) is 3.37. The Hall–Kier alpha value is -1.56. The highest BCUT2D eigenvalue weighted by Crippen LogP contribution is 2.19. The van der Waals surface area contributed by atoms with Crippen molar-refractivity contribution in [1.82, 2.24) is 5.32 Å². The standard InChI is InChI=1S/C16H26N2O3S/c1-4-12-17-16(19)7-6-13-18(22(3,20)21)15-10-8-14(5-2)9-11-15/h8-11H,4-7,12-13H2,1-3H3,(H,17,19). The second-order valence-corrected chi connectivity index (χ2v) is 7.22.